The molecule has 0 aliphatic heterocycles. The van der Waals surface area contributed by atoms with Crippen molar-refractivity contribution in [2.75, 3.05) is 0 Å². The summed E-state index contributed by atoms with van der Waals surface area (Å²) in [4.78, 5) is 0. The van der Waals surface area contributed by atoms with Crippen LogP contribution < -0.4 is 0 Å². The number of ether oxygens (including phenoxy) is 1. The van der Waals surface area contributed by atoms with E-state index in [0.29, 0.717) is 12.5 Å². The van der Waals surface area contributed by atoms with Crippen LogP contribution >= 0.6 is 0 Å². The Morgan fingerprint density at radius 1 is 1.00 bits per heavy atom. The van der Waals surface area contributed by atoms with Crippen LogP contribution in [0.4, 0.5) is 0 Å². The Labute approximate surface area is 115 Å². The smallest absolute Gasteiger partial charge is 0.113 e. The van der Waals surface area contributed by atoms with Gasteiger partial charge in [-0.25, -0.2) is 0 Å². The number of hydrogen-bond donors (Lipinski definition) is 0. The molecular formula is C18H20O. The molecule has 2 unspecified atom stereocenters. The van der Waals surface area contributed by atoms with Gasteiger partial charge in [0.15, 0.2) is 0 Å². The van der Waals surface area contributed by atoms with Crippen molar-refractivity contribution in [1.82, 2.24) is 0 Å². The Morgan fingerprint density at radius 2 is 1.84 bits per heavy atom. The molecule has 98 valence electrons. The first-order valence-electron chi connectivity index (χ1n) is 7.47. The Hall–Kier alpha value is -1.50. The zero-order chi connectivity index (χ0) is 12.7. The molecule has 0 saturated heterocycles. The van der Waals surface area contributed by atoms with Crippen molar-refractivity contribution >= 4 is 0 Å². The lowest BCUT2D eigenvalue weighted by Crippen LogP contribution is -2.02. The van der Waals surface area contributed by atoms with Gasteiger partial charge >= 0.3 is 0 Å². The summed E-state index contributed by atoms with van der Waals surface area (Å²) in [5.74, 6) is 3.74. The van der Waals surface area contributed by atoms with Crippen molar-refractivity contribution in [3.8, 4) is 0 Å². The molecule has 0 heterocycles. The molecule has 3 aliphatic rings. The molecule has 2 atom stereocenters. The molecule has 1 heteroatoms. The van der Waals surface area contributed by atoms with Gasteiger partial charge in [-0.1, -0.05) is 42.0 Å². The normalized spacial score (nSPS) is 28.2. The zero-order valence-electron chi connectivity index (χ0n) is 11.2. The SMILES string of the molecule is C1=C(CC2CC2)C2CC2C(OCc2ccccc2)=C1. The average molecular weight is 252 g/mol. The van der Waals surface area contributed by atoms with E-state index >= 15 is 0 Å². The first kappa shape index (κ1) is 11.3. The van der Waals surface area contributed by atoms with E-state index in [9.17, 15) is 0 Å². The maximum atomic E-state index is 6.01. The van der Waals surface area contributed by atoms with Gasteiger partial charge in [-0.2, -0.15) is 0 Å². The molecule has 1 aromatic carbocycles. The van der Waals surface area contributed by atoms with Crippen molar-refractivity contribution in [2.45, 2.75) is 32.3 Å². The molecule has 1 nitrogen and oxygen atoms in total. The van der Waals surface area contributed by atoms with Gasteiger partial charge in [-0.15, -0.1) is 0 Å². The van der Waals surface area contributed by atoms with Gasteiger partial charge in [-0.05, 0) is 49.2 Å². The predicted octanol–water partition coefficient (Wildman–Crippen LogP) is 4.46. The van der Waals surface area contributed by atoms with E-state index in [1.807, 2.05) is 6.07 Å². The zero-order valence-corrected chi connectivity index (χ0v) is 11.2. The average Bonchev–Trinajstić information content (AvgIpc) is 3.32. The summed E-state index contributed by atoms with van der Waals surface area (Å²) in [5, 5.41) is 0. The predicted molar refractivity (Wildman–Crippen MR) is 76.3 cm³/mol. The first-order valence-corrected chi connectivity index (χ1v) is 7.47. The molecule has 0 N–H and O–H groups in total. The lowest BCUT2D eigenvalue weighted by Gasteiger charge is -2.15. The highest BCUT2D eigenvalue weighted by Crippen LogP contribution is 2.54. The standard InChI is InChI=1S/C18H20O/c1-2-4-14(5-3-1)12-19-18-9-8-15(10-13-6-7-13)16-11-17(16)18/h1-5,8-9,13,16-17H,6-7,10-12H2. The van der Waals surface area contributed by atoms with Crippen molar-refractivity contribution in [2.24, 2.45) is 17.8 Å². The molecule has 0 radical (unpaired) electrons. The fourth-order valence-electron chi connectivity index (χ4n) is 3.13. The fourth-order valence-corrected chi connectivity index (χ4v) is 3.13. The number of allylic oxidation sites excluding steroid dienone is 4. The van der Waals surface area contributed by atoms with Crippen molar-refractivity contribution in [3.63, 3.8) is 0 Å². The maximum Gasteiger partial charge on any atom is 0.113 e. The number of hydrogen-bond acceptors (Lipinski definition) is 1. The molecule has 1 aromatic rings. The molecule has 2 fully saturated rings. The second-order valence-corrected chi connectivity index (χ2v) is 6.18. The summed E-state index contributed by atoms with van der Waals surface area (Å²) < 4.78 is 6.01. The molecule has 0 amide bonds. The highest BCUT2D eigenvalue weighted by atomic mass is 16.5. The summed E-state index contributed by atoms with van der Waals surface area (Å²) in [6.07, 6.45) is 10.1. The third-order valence-corrected chi connectivity index (χ3v) is 4.56. The number of fused-ring (bicyclic) bond motifs is 1. The Bertz CT molecular complexity index is 522. The van der Waals surface area contributed by atoms with Gasteiger partial charge in [0.05, 0.1) is 0 Å². The summed E-state index contributed by atoms with van der Waals surface area (Å²) in [7, 11) is 0. The third kappa shape index (κ3) is 2.47. The van der Waals surface area contributed by atoms with Gasteiger partial charge in [0.2, 0.25) is 0 Å². The molecular weight excluding hydrogens is 232 g/mol. The van der Waals surface area contributed by atoms with Crippen LogP contribution in [-0.2, 0) is 11.3 Å². The number of rotatable bonds is 5. The quantitative estimate of drug-likeness (QED) is 0.751. The lowest BCUT2D eigenvalue weighted by atomic mass is 9.98. The van der Waals surface area contributed by atoms with E-state index < -0.39 is 0 Å². The van der Waals surface area contributed by atoms with Crippen LogP contribution in [0.2, 0.25) is 0 Å². The largest absolute Gasteiger partial charge is 0.493 e. The van der Waals surface area contributed by atoms with E-state index in [1.165, 1.54) is 37.0 Å². The van der Waals surface area contributed by atoms with Crippen LogP contribution in [0.3, 0.4) is 0 Å². The van der Waals surface area contributed by atoms with Crippen LogP contribution in [-0.4, -0.2) is 0 Å². The van der Waals surface area contributed by atoms with E-state index in [4.69, 9.17) is 4.74 Å². The monoisotopic (exact) mass is 252 g/mol. The van der Waals surface area contributed by atoms with Crippen molar-refractivity contribution in [3.05, 3.63) is 59.4 Å². The molecule has 19 heavy (non-hydrogen) atoms. The van der Waals surface area contributed by atoms with Gasteiger partial charge in [0.1, 0.15) is 12.4 Å². The molecule has 2 saturated carbocycles. The van der Waals surface area contributed by atoms with Crippen LogP contribution in [0.15, 0.2) is 53.8 Å². The van der Waals surface area contributed by atoms with Gasteiger partial charge in [-0.3, -0.25) is 0 Å². The van der Waals surface area contributed by atoms with E-state index in [1.54, 1.807) is 5.57 Å². The van der Waals surface area contributed by atoms with Crippen LogP contribution in [0.5, 0.6) is 0 Å². The Morgan fingerprint density at radius 3 is 2.63 bits per heavy atom. The molecule has 0 aromatic heterocycles. The Balaban J connectivity index is 1.39. The second kappa shape index (κ2) is 4.56. The number of benzene rings is 1. The van der Waals surface area contributed by atoms with Crippen molar-refractivity contribution in [1.29, 1.82) is 0 Å². The topological polar surface area (TPSA) is 9.23 Å². The van der Waals surface area contributed by atoms with E-state index in [0.717, 1.165) is 11.8 Å². The third-order valence-electron chi connectivity index (χ3n) is 4.56. The highest BCUT2D eigenvalue weighted by molar-refractivity contribution is 5.34. The first-order chi connectivity index (χ1) is 9.40. The Kier molecular flexibility index (Phi) is 2.72. The highest BCUT2D eigenvalue weighted by Gasteiger charge is 2.45. The van der Waals surface area contributed by atoms with Gasteiger partial charge in [0.25, 0.3) is 0 Å². The minimum Gasteiger partial charge on any atom is -0.493 e. The van der Waals surface area contributed by atoms with E-state index in [-0.39, 0.29) is 0 Å². The molecule has 0 spiro atoms. The lowest BCUT2D eigenvalue weighted by molar-refractivity contribution is 0.180. The maximum absolute atomic E-state index is 6.01. The minimum absolute atomic E-state index is 0.697. The second-order valence-electron chi connectivity index (χ2n) is 6.18. The van der Waals surface area contributed by atoms with Gasteiger partial charge < -0.3 is 4.74 Å². The summed E-state index contributed by atoms with van der Waals surface area (Å²) in [5.41, 5.74) is 2.95. The van der Waals surface area contributed by atoms with E-state index in [2.05, 4.69) is 36.4 Å². The van der Waals surface area contributed by atoms with Gasteiger partial charge in [0, 0.05) is 5.92 Å². The summed E-state index contributed by atoms with van der Waals surface area (Å²) >= 11 is 0. The molecule has 4 rings (SSSR count). The van der Waals surface area contributed by atoms with Crippen LogP contribution in [0.25, 0.3) is 0 Å². The fraction of sp³-hybridized carbons (Fsp3) is 0.444. The summed E-state index contributed by atoms with van der Waals surface area (Å²) in [6.45, 7) is 0.710. The molecule has 3 aliphatic carbocycles. The van der Waals surface area contributed by atoms with Crippen LogP contribution in [0.1, 0.15) is 31.2 Å². The van der Waals surface area contributed by atoms with Crippen LogP contribution in [0, 0.1) is 17.8 Å². The molecule has 0 bridgehead atoms. The minimum atomic E-state index is 0.697. The van der Waals surface area contributed by atoms with Crippen molar-refractivity contribution < 1.29 is 4.74 Å². The summed E-state index contributed by atoms with van der Waals surface area (Å²) in [6, 6.07) is 10.4.